The minimum atomic E-state index is 0.618. The monoisotopic (exact) mass is 604 g/mol. The van der Waals surface area contributed by atoms with Gasteiger partial charge in [-0.15, -0.1) is 0 Å². The third-order valence-corrected chi connectivity index (χ3v) is 8.33. The number of hydrogen-bond acceptors (Lipinski definition) is 7. The van der Waals surface area contributed by atoms with Crippen LogP contribution >= 0.6 is 0 Å². The van der Waals surface area contributed by atoms with Crippen molar-refractivity contribution >= 4 is 32.8 Å². The molecule has 0 saturated heterocycles. The van der Waals surface area contributed by atoms with Crippen LogP contribution in [0.2, 0.25) is 0 Å². The van der Waals surface area contributed by atoms with Gasteiger partial charge in [-0.3, -0.25) is 4.98 Å². The lowest BCUT2D eigenvalue weighted by Gasteiger charge is -2.10. The second-order valence-corrected chi connectivity index (χ2v) is 11.2. The SMILES string of the molecule is c1ccc(-c2nc(-c3ccccc3)nc(-c3ccc(-c4ccc5c(-c6nccc7c6oc6ccccc67)ncnc5c4)cc3)n2)cc1. The van der Waals surface area contributed by atoms with E-state index in [-0.39, 0.29) is 0 Å². The van der Waals surface area contributed by atoms with Gasteiger partial charge in [0.05, 0.1) is 5.52 Å². The molecule has 0 unspecified atom stereocenters. The number of para-hydroxylation sites is 1. The highest BCUT2D eigenvalue weighted by Crippen LogP contribution is 2.36. The molecule has 0 fully saturated rings. The van der Waals surface area contributed by atoms with Gasteiger partial charge >= 0.3 is 0 Å². The topological polar surface area (TPSA) is 90.5 Å². The first-order valence-electron chi connectivity index (χ1n) is 15.3. The van der Waals surface area contributed by atoms with Crippen LogP contribution in [0.1, 0.15) is 0 Å². The molecule has 0 aliphatic carbocycles. The molecule has 5 aromatic carbocycles. The van der Waals surface area contributed by atoms with Gasteiger partial charge in [0.25, 0.3) is 0 Å². The largest absolute Gasteiger partial charge is 0.454 e. The third-order valence-electron chi connectivity index (χ3n) is 8.33. The predicted molar refractivity (Wildman–Crippen MR) is 185 cm³/mol. The van der Waals surface area contributed by atoms with Crippen molar-refractivity contribution in [2.45, 2.75) is 0 Å². The Kier molecular flexibility index (Phi) is 6.31. The first-order chi connectivity index (χ1) is 23.3. The van der Waals surface area contributed by atoms with Crippen molar-refractivity contribution in [2.24, 2.45) is 0 Å². The van der Waals surface area contributed by atoms with Gasteiger partial charge in [0.1, 0.15) is 23.3 Å². The maximum atomic E-state index is 6.26. The van der Waals surface area contributed by atoms with Crippen LogP contribution in [-0.4, -0.2) is 29.9 Å². The van der Waals surface area contributed by atoms with E-state index < -0.39 is 0 Å². The number of aromatic nitrogens is 6. The van der Waals surface area contributed by atoms with Gasteiger partial charge in [0, 0.05) is 39.0 Å². The van der Waals surface area contributed by atoms with Gasteiger partial charge in [0.15, 0.2) is 23.1 Å². The first-order valence-corrected chi connectivity index (χ1v) is 15.3. The van der Waals surface area contributed by atoms with E-state index in [1.54, 1.807) is 6.33 Å². The first kappa shape index (κ1) is 26.8. The quantitative estimate of drug-likeness (QED) is 0.193. The van der Waals surface area contributed by atoms with E-state index in [2.05, 4.69) is 58.5 Å². The maximum Gasteiger partial charge on any atom is 0.164 e. The van der Waals surface area contributed by atoms with Crippen LogP contribution in [0.3, 0.4) is 0 Å². The van der Waals surface area contributed by atoms with Crippen LogP contribution in [0, 0.1) is 0 Å². The molecule has 9 rings (SSSR count). The fourth-order valence-electron chi connectivity index (χ4n) is 6.00. The van der Waals surface area contributed by atoms with Crippen molar-refractivity contribution in [3.8, 4) is 56.7 Å². The van der Waals surface area contributed by atoms with E-state index in [1.807, 2.05) is 91.1 Å². The Morgan fingerprint density at radius 3 is 1.70 bits per heavy atom. The van der Waals surface area contributed by atoms with Gasteiger partial charge in [-0.2, -0.15) is 0 Å². The number of hydrogen-bond donors (Lipinski definition) is 0. The molecule has 0 spiro atoms. The van der Waals surface area contributed by atoms with Crippen LogP contribution in [0.5, 0.6) is 0 Å². The molecule has 220 valence electrons. The molecule has 4 heterocycles. The van der Waals surface area contributed by atoms with E-state index in [0.29, 0.717) is 23.2 Å². The Morgan fingerprint density at radius 2 is 1.00 bits per heavy atom. The summed E-state index contributed by atoms with van der Waals surface area (Å²) in [5.41, 5.74) is 8.67. The molecule has 0 saturated carbocycles. The molecule has 0 atom stereocenters. The van der Waals surface area contributed by atoms with Crippen molar-refractivity contribution in [2.75, 3.05) is 0 Å². The number of nitrogens with zero attached hydrogens (tertiary/aromatic N) is 6. The van der Waals surface area contributed by atoms with E-state index in [0.717, 1.165) is 66.4 Å². The number of rotatable bonds is 5. The predicted octanol–water partition coefficient (Wildman–Crippen LogP) is 9.44. The molecule has 4 aromatic heterocycles. The number of furan rings is 1. The summed E-state index contributed by atoms with van der Waals surface area (Å²) >= 11 is 0. The Morgan fingerprint density at radius 1 is 0.404 bits per heavy atom. The summed E-state index contributed by atoms with van der Waals surface area (Å²) in [6.07, 6.45) is 3.39. The molecule has 0 amide bonds. The molecule has 0 aliphatic heterocycles. The minimum Gasteiger partial charge on any atom is -0.454 e. The van der Waals surface area contributed by atoms with Crippen LogP contribution in [0.25, 0.3) is 89.5 Å². The second kappa shape index (κ2) is 11.1. The van der Waals surface area contributed by atoms with Crippen molar-refractivity contribution < 1.29 is 4.42 Å². The summed E-state index contributed by atoms with van der Waals surface area (Å²) in [5.74, 6) is 1.89. The van der Waals surface area contributed by atoms with Crippen molar-refractivity contribution in [3.63, 3.8) is 0 Å². The lowest BCUT2D eigenvalue weighted by molar-refractivity contribution is 0.668. The third kappa shape index (κ3) is 4.78. The van der Waals surface area contributed by atoms with Gasteiger partial charge in [-0.1, -0.05) is 109 Å². The van der Waals surface area contributed by atoms with E-state index in [4.69, 9.17) is 24.4 Å². The normalized spacial score (nSPS) is 11.4. The van der Waals surface area contributed by atoms with E-state index in [9.17, 15) is 0 Å². The van der Waals surface area contributed by atoms with Crippen LogP contribution in [0.4, 0.5) is 0 Å². The summed E-state index contributed by atoms with van der Waals surface area (Å²) in [5, 5.41) is 2.97. The van der Waals surface area contributed by atoms with Gasteiger partial charge < -0.3 is 4.42 Å². The molecular formula is C40H24N6O. The summed E-state index contributed by atoms with van der Waals surface area (Å²) < 4.78 is 6.26. The highest BCUT2D eigenvalue weighted by Gasteiger charge is 2.17. The fraction of sp³-hybridized carbons (Fsp3) is 0. The molecule has 0 bridgehead atoms. The van der Waals surface area contributed by atoms with Crippen molar-refractivity contribution in [1.29, 1.82) is 0 Å². The summed E-state index contributed by atoms with van der Waals surface area (Å²) in [6.45, 7) is 0. The molecule has 0 aliphatic rings. The smallest absolute Gasteiger partial charge is 0.164 e. The minimum absolute atomic E-state index is 0.618. The number of pyridine rings is 1. The Bertz CT molecular complexity index is 2510. The van der Waals surface area contributed by atoms with Gasteiger partial charge in [-0.05, 0) is 35.4 Å². The Labute approximate surface area is 269 Å². The number of benzene rings is 5. The van der Waals surface area contributed by atoms with Crippen LogP contribution < -0.4 is 0 Å². The molecule has 7 nitrogen and oxygen atoms in total. The number of fused-ring (bicyclic) bond motifs is 4. The van der Waals surface area contributed by atoms with Gasteiger partial charge in [-0.25, -0.2) is 24.9 Å². The zero-order chi connectivity index (χ0) is 31.2. The van der Waals surface area contributed by atoms with Crippen LogP contribution in [0.15, 0.2) is 150 Å². The standard InChI is InChI=1S/C40H24N6O/c1-3-9-26(10-4-1)38-44-39(27-11-5-2-6-12-27)46-40(45-38)28-17-15-25(16-18-28)29-19-20-32-33(23-29)42-24-43-35(32)36-37-31(21-22-41-36)30-13-7-8-14-34(30)47-37/h1-24H. The zero-order valence-electron chi connectivity index (χ0n) is 24.9. The van der Waals surface area contributed by atoms with Crippen molar-refractivity contribution in [1.82, 2.24) is 29.9 Å². The van der Waals surface area contributed by atoms with Crippen molar-refractivity contribution in [3.05, 3.63) is 146 Å². The molecule has 0 radical (unpaired) electrons. The Hall–Kier alpha value is -6.60. The highest BCUT2D eigenvalue weighted by molar-refractivity contribution is 6.10. The van der Waals surface area contributed by atoms with E-state index >= 15 is 0 Å². The molecule has 7 heteroatoms. The average Bonchev–Trinajstić information content (AvgIpc) is 3.54. The summed E-state index contributed by atoms with van der Waals surface area (Å²) in [4.78, 5) is 28.5. The molecule has 0 N–H and O–H groups in total. The van der Waals surface area contributed by atoms with Crippen LogP contribution in [-0.2, 0) is 0 Å². The lowest BCUT2D eigenvalue weighted by atomic mass is 10.0. The fourth-order valence-corrected chi connectivity index (χ4v) is 6.00. The average molecular weight is 605 g/mol. The zero-order valence-corrected chi connectivity index (χ0v) is 24.9. The van der Waals surface area contributed by atoms with Gasteiger partial charge in [0.2, 0.25) is 0 Å². The molecule has 47 heavy (non-hydrogen) atoms. The maximum absolute atomic E-state index is 6.26. The summed E-state index contributed by atoms with van der Waals surface area (Å²) in [7, 11) is 0. The lowest BCUT2D eigenvalue weighted by Crippen LogP contribution is -2.00. The molecule has 9 aromatic rings. The Balaban J connectivity index is 1.09. The highest BCUT2D eigenvalue weighted by atomic mass is 16.3. The molecular weight excluding hydrogens is 580 g/mol. The second-order valence-electron chi connectivity index (χ2n) is 11.2. The summed E-state index contributed by atoms with van der Waals surface area (Å²) in [6, 6.07) is 44.5. The van der Waals surface area contributed by atoms with E-state index in [1.165, 1.54) is 0 Å².